The largest absolute Gasteiger partial charge is 0.444 e. The Bertz CT molecular complexity index is 1370. The van der Waals surface area contributed by atoms with Gasteiger partial charge in [0.15, 0.2) is 0 Å². The van der Waals surface area contributed by atoms with Crippen LogP contribution in [0.5, 0.6) is 11.5 Å². The average Bonchev–Trinajstić information content (AvgIpc) is 2.82. The summed E-state index contributed by atoms with van der Waals surface area (Å²) in [7, 11) is 0. The molecule has 0 saturated carbocycles. The summed E-state index contributed by atoms with van der Waals surface area (Å²) in [5.74, 6) is 0.848. The number of hydrogen-bond donors (Lipinski definition) is 0. The van der Waals surface area contributed by atoms with Crippen LogP contribution < -0.4 is 9.47 Å². The fourth-order valence-electron chi connectivity index (χ4n) is 4.79. The number of unbranched alkanes of at least 4 members (excludes halogenated alkanes) is 1. The van der Waals surface area contributed by atoms with Gasteiger partial charge in [0.25, 0.3) is 5.79 Å². The van der Waals surface area contributed by atoms with Gasteiger partial charge in [-0.15, -0.1) is 0 Å². The Morgan fingerprint density at radius 1 is 0.710 bits per heavy atom. The van der Waals surface area contributed by atoms with Crippen LogP contribution in [-0.2, 0) is 0 Å². The Balaban J connectivity index is 1.51. The Morgan fingerprint density at radius 3 is 2.00 bits per heavy atom. The minimum absolute atomic E-state index is 0.868. The molecule has 1 spiro atoms. The van der Waals surface area contributed by atoms with Gasteiger partial charge in [-0.05, 0) is 58.7 Å². The third-order valence-electron chi connectivity index (χ3n) is 6.42. The Kier molecular flexibility index (Phi) is 4.14. The third-order valence-corrected chi connectivity index (χ3v) is 6.42. The zero-order chi connectivity index (χ0) is 20.8. The Hall–Kier alpha value is -3.52. The lowest BCUT2D eigenvalue weighted by atomic mass is 9.89. The summed E-state index contributed by atoms with van der Waals surface area (Å²) in [5.41, 5.74) is 3.44. The maximum absolute atomic E-state index is 6.67. The van der Waals surface area contributed by atoms with E-state index in [1.165, 1.54) is 27.1 Å². The zero-order valence-electron chi connectivity index (χ0n) is 17.6. The summed E-state index contributed by atoms with van der Waals surface area (Å²) in [6.45, 7) is 2.22. The smallest absolute Gasteiger partial charge is 0.294 e. The second-order valence-corrected chi connectivity index (χ2v) is 8.38. The molecule has 2 aliphatic heterocycles. The molecule has 2 nitrogen and oxygen atoms in total. The van der Waals surface area contributed by atoms with E-state index in [-0.39, 0.29) is 0 Å². The molecule has 0 bridgehead atoms. The van der Waals surface area contributed by atoms with Crippen molar-refractivity contribution in [2.45, 2.75) is 32.0 Å². The van der Waals surface area contributed by atoms with Crippen molar-refractivity contribution in [1.29, 1.82) is 0 Å². The van der Waals surface area contributed by atoms with Crippen molar-refractivity contribution in [1.82, 2.24) is 0 Å². The van der Waals surface area contributed by atoms with Gasteiger partial charge in [-0.3, -0.25) is 0 Å². The second kappa shape index (κ2) is 7.02. The molecular weight excluding hydrogens is 380 g/mol. The molecule has 0 amide bonds. The molecule has 1 unspecified atom stereocenters. The predicted octanol–water partition coefficient (Wildman–Crippen LogP) is 7.76. The van der Waals surface area contributed by atoms with E-state index in [9.17, 15) is 0 Å². The molecule has 2 heteroatoms. The minimum atomic E-state index is -0.889. The van der Waals surface area contributed by atoms with E-state index in [2.05, 4.69) is 97.9 Å². The molecule has 1 atom stereocenters. The average molecular weight is 405 g/mol. The molecule has 0 aliphatic carbocycles. The van der Waals surface area contributed by atoms with Crippen LogP contribution in [0.1, 0.15) is 37.3 Å². The molecule has 0 saturated heterocycles. The summed E-state index contributed by atoms with van der Waals surface area (Å²) in [6.07, 6.45) is 9.73. The van der Waals surface area contributed by atoms with Gasteiger partial charge in [-0.25, -0.2) is 0 Å². The number of ether oxygens (including phenoxy) is 2. The molecule has 0 radical (unpaired) electrons. The lowest BCUT2D eigenvalue weighted by Gasteiger charge is -2.40. The van der Waals surface area contributed by atoms with Crippen molar-refractivity contribution in [2.75, 3.05) is 0 Å². The maximum Gasteiger partial charge on any atom is 0.294 e. The van der Waals surface area contributed by atoms with Crippen molar-refractivity contribution < 1.29 is 9.47 Å². The van der Waals surface area contributed by atoms with Crippen molar-refractivity contribution in [3.63, 3.8) is 0 Å². The molecule has 2 aliphatic rings. The van der Waals surface area contributed by atoms with Crippen molar-refractivity contribution in [2.24, 2.45) is 0 Å². The first kappa shape index (κ1) is 18.3. The van der Waals surface area contributed by atoms with Gasteiger partial charge in [-0.2, -0.15) is 0 Å². The lowest BCUT2D eigenvalue weighted by Crippen LogP contribution is -2.45. The van der Waals surface area contributed by atoms with Gasteiger partial charge >= 0.3 is 0 Å². The zero-order valence-corrected chi connectivity index (χ0v) is 17.6. The highest BCUT2D eigenvalue weighted by molar-refractivity contribution is 5.96. The third kappa shape index (κ3) is 2.86. The lowest BCUT2D eigenvalue weighted by molar-refractivity contribution is -0.0435. The van der Waals surface area contributed by atoms with Gasteiger partial charge < -0.3 is 9.47 Å². The summed E-state index contributed by atoms with van der Waals surface area (Å²) in [5, 5.41) is 4.86. The summed E-state index contributed by atoms with van der Waals surface area (Å²) in [4.78, 5) is 0. The first-order valence-corrected chi connectivity index (χ1v) is 11.1. The minimum Gasteiger partial charge on any atom is -0.444 e. The van der Waals surface area contributed by atoms with Crippen molar-refractivity contribution in [3.05, 3.63) is 95.6 Å². The number of rotatable bonds is 3. The fraction of sp³-hybridized carbons (Fsp3) is 0.172. The molecule has 4 aromatic carbocycles. The van der Waals surface area contributed by atoms with Crippen LogP contribution in [0.25, 0.3) is 33.7 Å². The van der Waals surface area contributed by atoms with Gasteiger partial charge in [0.1, 0.15) is 11.5 Å². The fourth-order valence-corrected chi connectivity index (χ4v) is 4.79. The second-order valence-electron chi connectivity index (χ2n) is 8.38. The van der Waals surface area contributed by atoms with E-state index in [4.69, 9.17) is 9.47 Å². The predicted molar refractivity (Wildman–Crippen MR) is 128 cm³/mol. The molecule has 4 aromatic rings. The van der Waals surface area contributed by atoms with E-state index in [1.807, 2.05) is 0 Å². The van der Waals surface area contributed by atoms with Crippen molar-refractivity contribution in [3.8, 4) is 11.5 Å². The van der Waals surface area contributed by atoms with Crippen LogP contribution in [-0.4, -0.2) is 5.79 Å². The van der Waals surface area contributed by atoms with E-state index in [0.29, 0.717) is 0 Å². The van der Waals surface area contributed by atoms with Gasteiger partial charge in [0.2, 0.25) is 0 Å². The molecule has 0 aromatic heterocycles. The molecule has 0 fully saturated rings. The van der Waals surface area contributed by atoms with Gasteiger partial charge in [-0.1, -0.05) is 74.0 Å². The summed E-state index contributed by atoms with van der Waals surface area (Å²) < 4.78 is 13.3. The maximum atomic E-state index is 6.67. The first-order chi connectivity index (χ1) is 15.3. The van der Waals surface area contributed by atoms with E-state index >= 15 is 0 Å². The molecule has 2 heterocycles. The van der Waals surface area contributed by atoms with E-state index in [0.717, 1.165) is 41.9 Å². The monoisotopic (exact) mass is 404 g/mol. The summed E-state index contributed by atoms with van der Waals surface area (Å²) >= 11 is 0. The number of hydrogen-bond acceptors (Lipinski definition) is 2. The standard InChI is InChI=1S/C29H24O2/c1-2-3-10-22-19-26-24-12-7-5-9-21(24)14-16-28(26)31-29(22)18-17-25-23-11-6-4-8-20(23)13-15-27(25)30-29/h4-9,11-19H,2-3,10H2,1H3. The highest BCUT2D eigenvalue weighted by Gasteiger charge is 2.42. The highest BCUT2D eigenvalue weighted by Crippen LogP contribution is 2.46. The summed E-state index contributed by atoms with van der Waals surface area (Å²) in [6, 6.07) is 25.3. The molecule has 152 valence electrons. The van der Waals surface area contributed by atoms with Crippen LogP contribution in [0.2, 0.25) is 0 Å². The highest BCUT2D eigenvalue weighted by atomic mass is 16.7. The SMILES string of the molecule is CCCCC1=Cc2c(ccc3ccccc23)OC12C=Cc1c(ccc3ccccc13)O2. The van der Waals surface area contributed by atoms with Gasteiger partial charge in [0, 0.05) is 22.8 Å². The topological polar surface area (TPSA) is 18.5 Å². The van der Waals surface area contributed by atoms with Crippen molar-refractivity contribution >= 4 is 33.7 Å². The van der Waals surface area contributed by atoms with Crippen LogP contribution in [0.3, 0.4) is 0 Å². The molecular formula is C29H24O2. The van der Waals surface area contributed by atoms with Gasteiger partial charge in [0.05, 0.1) is 0 Å². The Labute approximate surface area is 182 Å². The van der Waals surface area contributed by atoms with Crippen LogP contribution in [0.4, 0.5) is 0 Å². The molecule has 0 N–H and O–H groups in total. The van der Waals surface area contributed by atoms with Crippen LogP contribution >= 0.6 is 0 Å². The number of benzene rings is 4. The van der Waals surface area contributed by atoms with Crippen LogP contribution in [0, 0.1) is 0 Å². The Morgan fingerprint density at radius 2 is 1.32 bits per heavy atom. The normalized spacial score (nSPS) is 18.9. The van der Waals surface area contributed by atoms with Crippen LogP contribution in [0.15, 0.2) is 84.4 Å². The first-order valence-electron chi connectivity index (χ1n) is 11.1. The van der Waals surface area contributed by atoms with E-state index < -0.39 is 5.79 Å². The molecule has 31 heavy (non-hydrogen) atoms. The van der Waals surface area contributed by atoms with E-state index in [1.54, 1.807) is 0 Å². The quantitative estimate of drug-likeness (QED) is 0.347. The number of fused-ring (bicyclic) bond motifs is 6. The molecule has 6 rings (SSSR count).